The quantitative estimate of drug-likeness (QED) is 0.564. The van der Waals surface area contributed by atoms with Crippen LogP contribution in [0.25, 0.3) is 5.69 Å². The van der Waals surface area contributed by atoms with Crippen LogP contribution in [0.2, 0.25) is 5.02 Å². The average Bonchev–Trinajstić information content (AvgIpc) is 3.20. The van der Waals surface area contributed by atoms with E-state index in [0.29, 0.717) is 37.4 Å². The summed E-state index contributed by atoms with van der Waals surface area (Å²) in [6, 6.07) is 4.99. The molecule has 0 bridgehead atoms. The fraction of sp³-hybridized carbons (Fsp3) is 0.350. The molecule has 8 nitrogen and oxygen atoms in total. The van der Waals surface area contributed by atoms with Gasteiger partial charge in [-0.05, 0) is 54.5 Å². The number of amides is 1. The predicted molar refractivity (Wildman–Crippen MR) is 112 cm³/mol. The second-order valence-electron chi connectivity index (χ2n) is 7.58. The molecule has 4 rings (SSSR count). The number of anilines is 2. The Kier molecular flexibility index (Phi) is 6.19. The van der Waals surface area contributed by atoms with Crippen LogP contribution in [0.1, 0.15) is 24.2 Å². The lowest BCUT2D eigenvalue weighted by Gasteiger charge is -2.32. The number of nitrogens with zero attached hydrogens (tertiary/aromatic N) is 6. The van der Waals surface area contributed by atoms with E-state index in [4.69, 9.17) is 11.6 Å². The first-order chi connectivity index (χ1) is 15.6. The number of aromatic nitrogens is 5. The third-order valence-corrected chi connectivity index (χ3v) is 5.67. The minimum absolute atomic E-state index is 0.00211. The van der Waals surface area contributed by atoms with E-state index in [1.165, 1.54) is 22.9 Å². The van der Waals surface area contributed by atoms with Gasteiger partial charge in [-0.3, -0.25) is 4.79 Å². The number of nitrogens with one attached hydrogen (secondary N) is 1. The maximum atomic E-state index is 14.3. The Balaban J connectivity index is 1.41. The highest BCUT2D eigenvalue weighted by atomic mass is 35.5. The first-order valence-electron chi connectivity index (χ1n) is 9.97. The molecule has 1 saturated heterocycles. The molecule has 1 aliphatic rings. The minimum Gasteiger partial charge on any atom is -0.355 e. The first kappa shape index (κ1) is 22.9. The highest BCUT2D eigenvalue weighted by molar-refractivity contribution is 6.33. The van der Waals surface area contributed by atoms with Crippen LogP contribution in [-0.4, -0.2) is 44.2 Å². The van der Waals surface area contributed by atoms with Gasteiger partial charge in [0, 0.05) is 25.2 Å². The Labute approximate surface area is 190 Å². The summed E-state index contributed by atoms with van der Waals surface area (Å²) in [5, 5.41) is 13.7. The van der Waals surface area contributed by atoms with Crippen molar-refractivity contribution in [3.8, 4) is 5.69 Å². The van der Waals surface area contributed by atoms with Crippen molar-refractivity contribution in [3.63, 3.8) is 0 Å². The fourth-order valence-electron chi connectivity index (χ4n) is 3.62. The van der Waals surface area contributed by atoms with Crippen LogP contribution in [0.15, 0.2) is 30.5 Å². The van der Waals surface area contributed by atoms with Gasteiger partial charge < -0.3 is 10.2 Å². The van der Waals surface area contributed by atoms with E-state index in [9.17, 15) is 22.4 Å². The number of pyridine rings is 1. The second kappa shape index (κ2) is 8.93. The number of tetrazole rings is 1. The summed E-state index contributed by atoms with van der Waals surface area (Å²) in [5.41, 5.74) is -0.430. The van der Waals surface area contributed by atoms with Gasteiger partial charge in [-0.2, -0.15) is 17.9 Å². The van der Waals surface area contributed by atoms with E-state index >= 15 is 0 Å². The van der Waals surface area contributed by atoms with E-state index in [2.05, 4.69) is 25.8 Å². The summed E-state index contributed by atoms with van der Waals surface area (Å²) in [6.45, 7) is 2.41. The van der Waals surface area contributed by atoms with Crippen molar-refractivity contribution in [3.05, 3.63) is 52.7 Å². The maximum absolute atomic E-state index is 14.3. The number of carbonyl (C=O) groups excluding carboxylic acids is 1. The molecule has 33 heavy (non-hydrogen) atoms. The number of piperidine rings is 1. The molecular formula is C20H18ClF4N7O. The van der Waals surface area contributed by atoms with Crippen molar-refractivity contribution in [1.82, 2.24) is 25.2 Å². The van der Waals surface area contributed by atoms with E-state index in [1.54, 1.807) is 11.8 Å². The molecule has 1 amide bonds. The molecular weight excluding hydrogens is 466 g/mol. The number of rotatable bonds is 4. The normalized spacial score (nSPS) is 15.0. The van der Waals surface area contributed by atoms with Crippen molar-refractivity contribution < 1.29 is 22.4 Å². The number of carbonyl (C=O) groups is 1. The van der Waals surface area contributed by atoms with Gasteiger partial charge in [0.15, 0.2) is 5.82 Å². The lowest BCUT2D eigenvalue weighted by atomic mass is 9.95. The zero-order valence-corrected chi connectivity index (χ0v) is 18.0. The first-order valence-corrected chi connectivity index (χ1v) is 10.3. The van der Waals surface area contributed by atoms with Gasteiger partial charge in [0.1, 0.15) is 11.6 Å². The molecule has 1 fully saturated rings. The number of aryl methyl sites for hydroxylation is 1. The monoisotopic (exact) mass is 483 g/mol. The number of halogens is 5. The molecule has 174 valence electrons. The molecule has 13 heteroatoms. The zero-order valence-electron chi connectivity index (χ0n) is 17.3. The van der Waals surface area contributed by atoms with Gasteiger partial charge in [0.05, 0.1) is 22.0 Å². The summed E-state index contributed by atoms with van der Waals surface area (Å²) in [5.74, 6) is -0.630. The Morgan fingerprint density at radius 1 is 1.21 bits per heavy atom. The Morgan fingerprint density at radius 2 is 1.94 bits per heavy atom. The molecule has 0 unspecified atom stereocenters. The molecule has 0 atom stereocenters. The number of hydrogen-bond acceptors (Lipinski definition) is 6. The summed E-state index contributed by atoms with van der Waals surface area (Å²) < 4.78 is 54.2. The smallest absolute Gasteiger partial charge is 0.355 e. The molecule has 0 aliphatic carbocycles. The van der Waals surface area contributed by atoms with Gasteiger partial charge in [-0.15, -0.1) is 5.10 Å². The lowest BCUT2D eigenvalue weighted by Crippen LogP contribution is -2.38. The highest BCUT2D eigenvalue weighted by Crippen LogP contribution is 2.35. The van der Waals surface area contributed by atoms with Crippen LogP contribution in [0, 0.1) is 18.7 Å². The van der Waals surface area contributed by atoms with Gasteiger partial charge >= 0.3 is 6.18 Å². The SMILES string of the molecule is Cc1nnnn1-c1ccc(F)c(NC(=O)C2CCN(c3ncc(C(F)(F)F)cc3Cl)CC2)c1. The number of alkyl halides is 3. The summed E-state index contributed by atoms with van der Waals surface area (Å²) in [7, 11) is 0. The second-order valence-corrected chi connectivity index (χ2v) is 7.99. The van der Waals surface area contributed by atoms with Crippen LogP contribution >= 0.6 is 11.6 Å². The van der Waals surface area contributed by atoms with E-state index < -0.39 is 23.5 Å². The van der Waals surface area contributed by atoms with Crippen molar-refractivity contribution in [2.75, 3.05) is 23.3 Å². The van der Waals surface area contributed by atoms with Gasteiger partial charge in [-0.25, -0.2) is 9.37 Å². The molecule has 3 aromatic rings. The minimum atomic E-state index is -4.53. The van der Waals surface area contributed by atoms with E-state index in [-0.39, 0.29) is 22.4 Å². The molecule has 1 aromatic carbocycles. The van der Waals surface area contributed by atoms with Crippen LogP contribution in [0.5, 0.6) is 0 Å². The van der Waals surface area contributed by atoms with Crippen molar-refractivity contribution in [2.24, 2.45) is 5.92 Å². The van der Waals surface area contributed by atoms with E-state index in [0.717, 1.165) is 12.3 Å². The zero-order chi connectivity index (χ0) is 23.8. The van der Waals surface area contributed by atoms with E-state index in [1.807, 2.05) is 0 Å². The van der Waals surface area contributed by atoms with Crippen molar-refractivity contribution in [2.45, 2.75) is 25.9 Å². The predicted octanol–water partition coefficient (Wildman–Crippen LogP) is 4.03. The van der Waals surface area contributed by atoms with Crippen molar-refractivity contribution >= 4 is 29.0 Å². The molecule has 2 aromatic heterocycles. The number of benzene rings is 1. The molecule has 0 spiro atoms. The lowest BCUT2D eigenvalue weighted by molar-refractivity contribution is -0.137. The third-order valence-electron chi connectivity index (χ3n) is 5.39. The highest BCUT2D eigenvalue weighted by Gasteiger charge is 2.33. The summed E-state index contributed by atoms with van der Waals surface area (Å²) >= 11 is 6.02. The summed E-state index contributed by atoms with van der Waals surface area (Å²) in [6.07, 6.45) is -2.99. The Bertz CT molecular complexity index is 1180. The van der Waals surface area contributed by atoms with Crippen LogP contribution < -0.4 is 10.2 Å². The van der Waals surface area contributed by atoms with Crippen molar-refractivity contribution in [1.29, 1.82) is 0 Å². The molecule has 1 aliphatic heterocycles. The molecule has 0 radical (unpaired) electrons. The van der Waals surface area contributed by atoms with Gasteiger partial charge in [0.25, 0.3) is 0 Å². The largest absolute Gasteiger partial charge is 0.417 e. The molecule has 0 saturated carbocycles. The summed E-state index contributed by atoms with van der Waals surface area (Å²) in [4.78, 5) is 18.3. The Morgan fingerprint density at radius 3 is 2.55 bits per heavy atom. The van der Waals surface area contributed by atoms with Crippen LogP contribution in [0.4, 0.5) is 29.1 Å². The average molecular weight is 484 g/mol. The van der Waals surface area contributed by atoms with Crippen LogP contribution in [0.3, 0.4) is 0 Å². The Hall–Kier alpha value is -3.28. The maximum Gasteiger partial charge on any atom is 0.417 e. The number of hydrogen-bond donors (Lipinski definition) is 1. The van der Waals surface area contributed by atoms with Gasteiger partial charge in [-0.1, -0.05) is 11.6 Å². The van der Waals surface area contributed by atoms with Crippen LogP contribution in [-0.2, 0) is 11.0 Å². The third kappa shape index (κ3) is 4.90. The fourth-order valence-corrected chi connectivity index (χ4v) is 3.90. The standard InChI is InChI=1S/C20H18ClF4N7O/c1-11-28-29-30-32(11)14-2-3-16(22)17(9-14)27-19(33)12-4-6-31(7-5-12)18-15(21)8-13(10-26-18)20(23,24)25/h2-3,8-10,12H,4-7H2,1H3,(H,27,33). The molecule has 1 N–H and O–H groups in total. The van der Waals surface area contributed by atoms with Gasteiger partial charge in [0.2, 0.25) is 5.91 Å². The molecule has 3 heterocycles. The topological polar surface area (TPSA) is 88.8 Å².